The molecule has 0 amide bonds. The Kier molecular flexibility index (Phi) is 3.69. The second kappa shape index (κ2) is 5.79. The Hall–Kier alpha value is -2.62. The van der Waals surface area contributed by atoms with Crippen molar-refractivity contribution in [3.63, 3.8) is 0 Å². The summed E-state index contributed by atoms with van der Waals surface area (Å²) in [7, 11) is 0. The van der Waals surface area contributed by atoms with Crippen molar-refractivity contribution < 1.29 is 0 Å². The minimum atomic E-state index is 0.766. The summed E-state index contributed by atoms with van der Waals surface area (Å²) >= 11 is 0. The van der Waals surface area contributed by atoms with E-state index in [1.165, 1.54) is 5.56 Å². The van der Waals surface area contributed by atoms with Gasteiger partial charge in [0.2, 0.25) is 5.95 Å². The maximum atomic E-state index is 4.57. The van der Waals surface area contributed by atoms with E-state index in [0.29, 0.717) is 0 Å². The number of para-hydroxylation sites is 2. The fourth-order valence-corrected chi connectivity index (χ4v) is 2.30. The largest absolute Gasteiger partial charge is 0.309 e. The van der Waals surface area contributed by atoms with Crippen molar-refractivity contribution in [2.24, 2.45) is 5.10 Å². The summed E-state index contributed by atoms with van der Waals surface area (Å²) in [6.45, 7) is 5.02. The number of hydrazone groups is 1. The number of benzene rings is 2. The van der Waals surface area contributed by atoms with Gasteiger partial charge in [0.25, 0.3) is 0 Å². The van der Waals surface area contributed by atoms with Crippen LogP contribution in [-0.2, 0) is 6.54 Å². The van der Waals surface area contributed by atoms with Gasteiger partial charge in [-0.15, -0.1) is 0 Å². The molecule has 0 saturated heterocycles. The number of rotatable bonds is 4. The Morgan fingerprint density at radius 2 is 1.90 bits per heavy atom. The van der Waals surface area contributed by atoms with E-state index in [2.05, 4.69) is 52.1 Å². The molecule has 2 aromatic carbocycles. The SMILES string of the molecule is CCn1c(N/N=C\c2ccc(C)cc2)nc2ccccc21. The van der Waals surface area contributed by atoms with Crippen LogP contribution in [-0.4, -0.2) is 15.8 Å². The molecule has 0 unspecified atom stereocenters. The zero-order valence-corrected chi connectivity index (χ0v) is 12.2. The second-order valence-corrected chi connectivity index (χ2v) is 4.95. The van der Waals surface area contributed by atoms with Gasteiger partial charge in [-0.05, 0) is 31.5 Å². The summed E-state index contributed by atoms with van der Waals surface area (Å²) in [5.41, 5.74) is 7.44. The fourth-order valence-electron chi connectivity index (χ4n) is 2.30. The zero-order valence-electron chi connectivity index (χ0n) is 12.2. The highest BCUT2D eigenvalue weighted by molar-refractivity contribution is 5.81. The van der Waals surface area contributed by atoms with Crippen LogP contribution >= 0.6 is 0 Å². The average Bonchev–Trinajstić information content (AvgIpc) is 2.86. The van der Waals surface area contributed by atoms with Crippen LogP contribution in [0.3, 0.4) is 0 Å². The van der Waals surface area contributed by atoms with E-state index in [0.717, 1.165) is 29.1 Å². The molecule has 1 aromatic heterocycles. The van der Waals surface area contributed by atoms with Gasteiger partial charge in [-0.1, -0.05) is 42.0 Å². The molecule has 106 valence electrons. The van der Waals surface area contributed by atoms with Crippen molar-refractivity contribution in [2.75, 3.05) is 5.43 Å². The molecule has 0 bridgehead atoms. The summed E-state index contributed by atoms with van der Waals surface area (Å²) < 4.78 is 2.11. The third-order valence-electron chi connectivity index (χ3n) is 3.43. The van der Waals surface area contributed by atoms with E-state index >= 15 is 0 Å². The number of nitrogens with zero attached hydrogens (tertiary/aromatic N) is 3. The van der Waals surface area contributed by atoms with Gasteiger partial charge in [0.05, 0.1) is 17.2 Å². The van der Waals surface area contributed by atoms with Crippen molar-refractivity contribution in [1.82, 2.24) is 9.55 Å². The molecule has 1 heterocycles. The summed E-state index contributed by atoms with van der Waals surface area (Å²) in [6, 6.07) is 16.3. The van der Waals surface area contributed by atoms with Crippen molar-refractivity contribution in [2.45, 2.75) is 20.4 Å². The Bertz CT molecular complexity index is 769. The minimum Gasteiger partial charge on any atom is -0.309 e. The van der Waals surface area contributed by atoms with Gasteiger partial charge in [-0.3, -0.25) is 0 Å². The molecule has 0 spiro atoms. The van der Waals surface area contributed by atoms with Crippen LogP contribution in [0.5, 0.6) is 0 Å². The van der Waals surface area contributed by atoms with Crippen molar-refractivity contribution in [1.29, 1.82) is 0 Å². The van der Waals surface area contributed by atoms with Crippen molar-refractivity contribution >= 4 is 23.2 Å². The van der Waals surface area contributed by atoms with E-state index in [9.17, 15) is 0 Å². The molecule has 21 heavy (non-hydrogen) atoms. The fraction of sp³-hybridized carbons (Fsp3) is 0.176. The minimum absolute atomic E-state index is 0.766. The van der Waals surface area contributed by atoms with E-state index in [1.807, 2.05) is 30.3 Å². The van der Waals surface area contributed by atoms with E-state index < -0.39 is 0 Å². The smallest absolute Gasteiger partial charge is 0.224 e. The normalized spacial score (nSPS) is 11.3. The molecule has 0 aliphatic rings. The Balaban J connectivity index is 1.83. The molecule has 0 aliphatic heterocycles. The molecule has 0 atom stereocenters. The predicted molar refractivity (Wildman–Crippen MR) is 87.8 cm³/mol. The molecule has 0 aliphatic carbocycles. The van der Waals surface area contributed by atoms with Gasteiger partial charge in [-0.25, -0.2) is 10.4 Å². The van der Waals surface area contributed by atoms with Crippen LogP contribution in [0.15, 0.2) is 53.6 Å². The number of hydrogen-bond donors (Lipinski definition) is 1. The molecule has 1 N–H and O–H groups in total. The zero-order chi connectivity index (χ0) is 14.7. The molecule has 4 nitrogen and oxygen atoms in total. The number of nitrogens with one attached hydrogen (secondary N) is 1. The van der Waals surface area contributed by atoms with Gasteiger partial charge < -0.3 is 4.57 Å². The third-order valence-corrected chi connectivity index (χ3v) is 3.43. The lowest BCUT2D eigenvalue weighted by Gasteiger charge is -2.04. The number of aryl methyl sites for hydroxylation is 2. The first-order valence-corrected chi connectivity index (χ1v) is 7.09. The Morgan fingerprint density at radius 1 is 1.14 bits per heavy atom. The summed E-state index contributed by atoms with van der Waals surface area (Å²) in [6.07, 6.45) is 1.80. The number of aromatic nitrogens is 2. The lowest BCUT2D eigenvalue weighted by molar-refractivity contribution is 0.791. The van der Waals surface area contributed by atoms with Crippen LogP contribution in [0.1, 0.15) is 18.1 Å². The van der Waals surface area contributed by atoms with E-state index in [-0.39, 0.29) is 0 Å². The maximum absolute atomic E-state index is 4.57. The number of imidazole rings is 1. The van der Waals surface area contributed by atoms with Crippen LogP contribution in [0.4, 0.5) is 5.95 Å². The molecule has 4 heteroatoms. The first-order valence-electron chi connectivity index (χ1n) is 7.09. The Morgan fingerprint density at radius 3 is 2.67 bits per heavy atom. The Labute approximate surface area is 124 Å². The average molecular weight is 278 g/mol. The molecule has 0 saturated carbocycles. The number of anilines is 1. The van der Waals surface area contributed by atoms with Crippen LogP contribution in [0, 0.1) is 6.92 Å². The lowest BCUT2D eigenvalue weighted by atomic mass is 10.2. The molecular weight excluding hydrogens is 260 g/mol. The van der Waals surface area contributed by atoms with Gasteiger partial charge in [0.1, 0.15) is 0 Å². The van der Waals surface area contributed by atoms with Gasteiger partial charge >= 0.3 is 0 Å². The van der Waals surface area contributed by atoms with Gasteiger partial charge in [0, 0.05) is 6.54 Å². The van der Waals surface area contributed by atoms with Crippen molar-refractivity contribution in [3.8, 4) is 0 Å². The predicted octanol–water partition coefficient (Wildman–Crippen LogP) is 3.81. The number of hydrogen-bond acceptors (Lipinski definition) is 3. The maximum Gasteiger partial charge on any atom is 0.224 e. The highest BCUT2D eigenvalue weighted by Crippen LogP contribution is 2.19. The summed E-state index contributed by atoms with van der Waals surface area (Å²) in [5.74, 6) is 0.766. The monoisotopic (exact) mass is 278 g/mol. The van der Waals surface area contributed by atoms with E-state index in [1.54, 1.807) is 6.21 Å². The quantitative estimate of drug-likeness (QED) is 0.582. The van der Waals surface area contributed by atoms with Gasteiger partial charge in [-0.2, -0.15) is 5.10 Å². The molecule has 3 rings (SSSR count). The van der Waals surface area contributed by atoms with Crippen molar-refractivity contribution in [3.05, 3.63) is 59.7 Å². The van der Waals surface area contributed by atoms with Crippen LogP contribution < -0.4 is 5.43 Å². The molecule has 0 radical (unpaired) electrons. The van der Waals surface area contributed by atoms with E-state index in [4.69, 9.17) is 0 Å². The molecular formula is C17H18N4. The first kappa shape index (κ1) is 13.4. The standard InChI is InChI=1S/C17H18N4/c1-3-21-16-7-5-4-6-15(16)19-17(21)20-18-12-14-10-8-13(2)9-11-14/h4-12H,3H2,1-2H3,(H,19,20)/b18-12-. The highest BCUT2D eigenvalue weighted by Gasteiger charge is 2.07. The highest BCUT2D eigenvalue weighted by atomic mass is 15.4. The summed E-state index contributed by atoms with van der Waals surface area (Å²) in [4.78, 5) is 4.57. The van der Waals surface area contributed by atoms with Gasteiger partial charge in [0.15, 0.2) is 0 Å². The molecule has 3 aromatic rings. The first-order chi connectivity index (χ1) is 10.3. The summed E-state index contributed by atoms with van der Waals surface area (Å²) in [5, 5.41) is 4.29. The second-order valence-electron chi connectivity index (χ2n) is 4.95. The number of fused-ring (bicyclic) bond motifs is 1. The third kappa shape index (κ3) is 2.79. The van der Waals surface area contributed by atoms with Crippen LogP contribution in [0.25, 0.3) is 11.0 Å². The topological polar surface area (TPSA) is 42.2 Å². The van der Waals surface area contributed by atoms with Crippen LogP contribution in [0.2, 0.25) is 0 Å². The molecule has 0 fully saturated rings. The lowest BCUT2D eigenvalue weighted by Crippen LogP contribution is -2.01.